The van der Waals surface area contributed by atoms with Crippen molar-refractivity contribution in [3.8, 4) is 0 Å². The van der Waals surface area contributed by atoms with E-state index in [1.54, 1.807) is 12.1 Å². The zero-order valence-electron chi connectivity index (χ0n) is 10.9. The maximum atomic E-state index is 12.2. The number of aryl methyl sites for hydroxylation is 1. The van der Waals surface area contributed by atoms with Gasteiger partial charge in [-0.2, -0.15) is 4.31 Å². The van der Waals surface area contributed by atoms with Crippen molar-refractivity contribution < 1.29 is 23.4 Å². The second kappa shape index (κ2) is 5.90. The molecule has 2 N–H and O–H groups in total. The van der Waals surface area contributed by atoms with Crippen molar-refractivity contribution in [2.24, 2.45) is 5.92 Å². The molecule has 0 aromatic heterocycles. The van der Waals surface area contributed by atoms with E-state index in [0.717, 1.165) is 5.56 Å². The summed E-state index contributed by atoms with van der Waals surface area (Å²) in [5, 5.41) is 17.5. The average molecular weight is 299 g/mol. The summed E-state index contributed by atoms with van der Waals surface area (Å²) in [7, 11) is -3.49. The van der Waals surface area contributed by atoms with Crippen LogP contribution in [0, 0.1) is 5.92 Å². The molecule has 110 valence electrons. The van der Waals surface area contributed by atoms with Gasteiger partial charge in [0.15, 0.2) is 0 Å². The first-order valence-corrected chi connectivity index (χ1v) is 7.79. The van der Waals surface area contributed by atoms with Crippen molar-refractivity contribution in [2.75, 3.05) is 19.7 Å². The molecule has 0 bridgehead atoms. The third-order valence-corrected chi connectivity index (χ3v) is 5.22. The number of carboxylic acids is 1. The molecule has 1 fully saturated rings. The van der Waals surface area contributed by atoms with Gasteiger partial charge in [-0.05, 0) is 24.1 Å². The highest BCUT2D eigenvalue weighted by atomic mass is 32.2. The molecule has 1 saturated heterocycles. The number of aliphatic carboxylic acids is 1. The molecule has 1 aromatic rings. The van der Waals surface area contributed by atoms with Crippen LogP contribution in [0.15, 0.2) is 29.2 Å². The van der Waals surface area contributed by atoms with Crippen LogP contribution in [0.25, 0.3) is 0 Å². The molecular formula is C13H17NO5S. The first kappa shape index (κ1) is 15.0. The van der Waals surface area contributed by atoms with Crippen LogP contribution in [0.5, 0.6) is 0 Å². The van der Waals surface area contributed by atoms with Gasteiger partial charge in [0.2, 0.25) is 10.0 Å². The molecule has 1 aliphatic heterocycles. The lowest BCUT2D eigenvalue weighted by molar-refractivity contribution is -0.136. The van der Waals surface area contributed by atoms with Crippen molar-refractivity contribution in [3.05, 3.63) is 29.8 Å². The Hall–Kier alpha value is -1.44. The Kier molecular flexibility index (Phi) is 4.42. The average Bonchev–Trinajstić information content (AvgIpc) is 2.35. The molecule has 7 heteroatoms. The van der Waals surface area contributed by atoms with Crippen molar-refractivity contribution in [1.29, 1.82) is 0 Å². The predicted octanol–water partition coefficient (Wildman–Crippen LogP) is 0.317. The summed E-state index contributed by atoms with van der Waals surface area (Å²) in [6.07, 6.45) is 0.405. The maximum absolute atomic E-state index is 12.2. The lowest BCUT2D eigenvalue weighted by Crippen LogP contribution is -2.51. The number of carbonyl (C=O) groups is 1. The van der Waals surface area contributed by atoms with E-state index in [1.165, 1.54) is 16.4 Å². The first-order chi connectivity index (χ1) is 9.43. The number of rotatable bonds is 6. The van der Waals surface area contributed by atoms with Crippen molar-refractivity contribution in [1.82, 2.24) is 4.31 Å². The number of aliphatic hydroxyl groups excluding tert-OH is 1. The number of benzene rings is 1. The smallest absolute Gasteiger partial charge is 0.303 e. The van der Waals surface area contributed by atoms with E-state index in [1.807, 2.05) is 0 Å². The van der Waals surface area contributed by atoms with Crippen LogP contribution in [0.4, 0.5) is 0 Å². The summed E-state index contributed by atoms with van der Waals surface area (Å²) >= 11 is 0. The monoisotopic (exact) mass is 299 g/mol. The molecule has 1 aromatic carbocycles. The number of nitrogens with zero attached hydrogens (tertiary/aromatic N) is 1. The normalized spacial score (nSPS) is 16.9. The minimum atomic E-state index is -3.49. The van der Waals surface area contributed by atoms with Gasteiger partial charge >= 0.3 is 5.97 Å². The van der Waals surface area contributed by atoms with Crippen LogP contribution >= 0.6 is 0 Å². The third kappa shape index (κ3) is 3.17. The van der Waals surface area contributed by atoms with Gasteiger partial charge in [0.1, 0.15) is 0 Å². The fourth-order valence-electron chi connectivity index (χ4n) is 2.06. The van der Waals surface area contributed by atoms with E-state index in [-0.39, 0.29) is 23.8 Å². The Balaban J connectivity index is 2.04. The highest BCUT2D eigenvalue weighted by Crippen LogP contribution is 2.25. The fraction of sp³-hybridized carbons (Fsp3) is 0.462. The molecule has 0 spiro atoms. The minimum Gasteiger partial charge on any atom is -0.481 e. The molecule has 0 amide bonds. The number of carboxylic acid groups (broad SMARTS) is 1. The maximum Gasteiger partial charge on any atom is 0.303 e. The zero-order chi connectivity index (χ0) is 14.8. The molecular weight excluding hydrogens is 282 g/mol. The Morgan fingerprint density at radius 2 is 1.85 bits per heavy atom. The molecule has 6 nitrogen and oxygen atoms in total. The summed E-state index contributed by atoms with van der Waals surface area (Å²) in [6, 6.07) is 6.27. The van der Waals surface area contributed by atoms with Crippen LogP contribution < -0.4 is 0 Å². The van der Waals surface area contributed by atoms with Gasteiger partial charge in [-0.15, -0.1) is 0 Å². The van der Waals surface area contributed by atoms with Gasteiger partial charge in [0.05, 0.1) is 4.90 Å². The van der Waals surface area contributed by atoms with E-state index in [2.05, 4.69) is 0 Å². The van der Waals surface area contributed by atoms with E-state index >= 15 is 0 Å². The van der Waals surface area contributed by atoms with Gasteiger partial charge < -0.3 is 10.2 Å². The zero-order valence-corrected chi connectivity index (χ0v) is 11.7. The molecule has 0 radical (unpaired) electrons. The van der Waals surface area contributed by atoms with Crippen molar-refractivity contribution in [2.45, 2.75) is 17.7 Å². The largest absolute Gasteiger partial charge is 0.481 e. The highest BCUT2D eigenvalue weighted by molar-refractivity contribution is 7.89. The van der Waals surface area contributed by atoms with Gasteiger partial charge in [0, 0.05) is 32.0 Å². The first-order valence-electron chi connectivity index (χ1n) is 6.35. The van der Waals surface area contributed by atoms with Gasteiger partial charge in [-0.1, -0.05) is 12.1 Å². The fourth-order valence-corrected chi connectivity index (χ4v) is 3.65. The van der Waals surface area contributed by atoms with E-state index in [0.29, 0.717) is 19.5 Å². The lowest BCUT2D eigenvalue weighted by Gasteiger charge is -2.36. The van der Waals surface area contributed by atoms with E-state index in [4.69, 9.17) is 10.2 Å². The third-order valence-electron chi connectivity index (χ3n) is 3.37. The molecule has 2 rings (SSSR count). The molecule has 0 atom stereocenters. The summed E-state index contributed by atoms with van der Waals surface area (Å²) in [6.45, 7) is 0.694. The lowest BCUT2D eigenvalue weighted by atomic mass is 10.1. The van der Waals surface area contributed by atoms with Crippen LogP contribution in [-0.4, -0.2) is 48.6 Å². The summed E-state index contributed by atoms with van der Waals surface area (Å²) in [4.78, 5) is 10.7. The standard InChI is InChI=1S/C13H17NO5S/c15-9-11-7-14(8-11)20(18,19)12-4-1-10(2-5-12)3-6-13(16)17/h1-2,4-5,11,15H,3,6-9H2,(H,16,17). The van der Waals surface area contributed by atoms with Crippen LogP contribution in [-0.2, 0) is 21.2 Å². The Morgan fingerprint density at radius 1 is 1.25 bits per heavy atom. The van der Waals surface area contributed by atoms with Crippen LogP contribution in [0.3, 0.4) is 0 Å². The molecule has 0 aliphatic carbocycles. The molecule has 0 saturated carbocycles. The predicted molar refractivity (Wildman–Crippen MR) is 71.7 cm³/mol. The molecule has 1 aliphatic rings. The van der Waals surface area contributed by atoms with Gasteiger partial charge in [-0.3, -0.25) is 4.79 Å². The SMILES string of the molecule is O=C(O)CCc1ccc(S(=O)(=O)N2CC(CO)C2)cc1. The highest BCUT2D eigenvalue weighted by Gasteiger charge is 2.36. The quantitative estimate of drug-likeness (QED) is 0.788. The van der Waals surface area contributed by atoms with Gasteiger partial charge in [0.25, 0.3) is 0 Å². The number of sulfonamides is 1. The van der Waals surface area contributed by atoms with Crippen LogP contribution in [0.2, 0.25) is 0 Å². The molecule has 1 heterocycles. The number of hydrogen-bond acceptors (Lipinski definition) is 4. The van der Waals surface area contributed by atoms with Crippen molar-refractivity contribution in [3.63, 3.8) is 0 Å². The van der Waals surface area contributed by atoms with Crippen LogP contribution in [0.1, 0.15) is 12.0 Å². The second-order valence-corrected chi connectivity index (χ2v) is 6.85. The number of aliphatic hydroxyl groups is 1. The summed E-state index contributed by atoms with van der Waals surface area (Å²) < 4.78 is 25.7. The minimum absolute atomic E-state index is 0.000145. The van der Waals surface area contributed by atoms with Crippen molar-refractivity contribution >= 4 is 16.0 Å². The number of hydrogen-bond donors (Lipinski definition) is 2. The topological polar surface area (TPSA) is 94.9 Å². The molecule has 0 unspecified atom stereocenters. The van der Waals surface area contributed by atoms with E-state index in [9.17, 15) is 13.2 Å². The summed E-state index contributed by atoms with van der Waals surface area (Å²) in [5.74, 6) is -0.850. The van der Waals surface area contributed by atoms with E-state index < -0.39 is 16.0 Å². The van der Waals surface area contributed by atoms with Gasteiger partial charge in [-0.25, -0.2) is 8.42 Å². The summed E-state index contributed by atoms with van der Waals surface area (Å²) in [5.41, 5.74) is 0.795. The Morgan fingerprint density at radius 3 is 2.35 bits per heavy atom. The molecule has 20 heavy (non-hydrogen) atoms. The Bertz CT molecular complexity index is 575. The second-order valence-electron chi connectivity index (χ2n) is 4.91. The Labute approximate surface area is 117 Å².